The van der Waals surface area contributed by atoms with Gasteiger partial charge >= 0.3 is 6.18 Å². The number of halogens is 4. The second-order valence-electron chi connectivity index (χ2n) is 6.23. The smallest absolute Gasteiger partial charge is 0.336 e. The molecule has 0 aromatic heterocycles. The van der Waals surface area contributed by atoms with Gasteiger partial charge in [0.2, 0.25) is 10.0 Å². The number of hydrogen-bond acceptors (Lipinski definition) is 3. The molecule has 10 heteroatoms. The zero-order valence-corrected chi connectivity index (χ0v) is 16.1. The molecule has 150 valence electrons. The lowest BCUT2D eigenvalue weighted by molar-refractivity contribution is -0.137. The number of sulfonamides is 1. The van der Waals surface area contributed by atoms with E-state index in [9.17, 15) is 26.4 Å². The van der Waals surface area contributed by atoms with Crippen LogP contribution in [0.1, 0.15) is 15.9 Å². The maximum Gasteiger partial charge on any atom is 0.416 e. The van der Waals surface area contributed by atoms with E-state index in [1.165, 1.54) is 21.3 Å². The molecule has 5 nitrogen and oxygen atoms in total. The summed E-state index contributed by atoms with van der Waals surface area (Å²) in [6.45, 7) is 0.446. The molecule has 0 atom stereocenters. The predicted molar refractivity (Wildman–Crippen MR) is 97.6 cm³/mol. The van der Waals surface area contributed by atoms with Gasteiger partial charge in [0.05, 0.1) is 10.5 Å². The van der Waals surface area contributed by atoms with Gasteiger partial charge in [-0.2, -0.15) is 17.5 Å². The Kier molecular flexibility index (Phi) is 5.69. The molecule has 1 saturated heterocycles. The van der Waals surface area contributed by atoms with Gasteiger partial charge in [0, 0.05) is 36.8 Å². The lowest BCUT2D eigenvalue weighted by Crippen LogP contribution is -2.50. The van der Waals surface area contributed by atoms with Crippen LogP contribution in [0.25, 0.3) is 0 Å². The fraction of sp³-hybridized carbons (Fsp3) is 0.278. The van der Waals surface area contributed by atoms with E-state index in [0.717, 1.165) is 24.3 Å². The standard InChI is InChI=1S/C18H16ClF3N2O3S/c19-15-2-1-3-16(12-15)28(26,27)24-10-8-23(9-11-24)17(25)13-4-6-14(7-5-13)18(20,21)22/h1-7,12H,8-11H2. The van der Waals surface area contributed by atoms with E-state index in [2.05, 4.69) is 0 Å². The Hall–Kier alpha value is -2.10. The van der Waals surface area contributed by atoms with Crippen molar-refractivity contribution in [2.45, 2.75) is 11.1 Å². The first-order chi connectivity index (χ1) is 13.1. The third kappa shape index (κ3) is 4.31. The van der Waals surface area contributed by atoms with Crippen LogP contribution in [0, 0.1) is 0 Å². The van der Waals surface area contributed by atoms with Crippen LogP contribution >= 0.6 is 11.6 Å². The molecule has 0 bridgehead atoms. The highest BCUT2D eigenvalue weighted by Crippen LogP contribution is 2.29. The first-order valence-corrected chi connectivity index (χ1v) is 10.1. The quantitative estimate of drug-likeness (QED) is 0.745. The minimum Gasteiger partial charge on any atom is -0.336 e. The SMILES string of the molecule is O=C(c1ccc(C(F)(F)F)cc1)N1CCN(S(=O)(=O)c2cccc(Cl)c2)CC1. The van der Waals surface area contributed by atoms with E-state index in [0.29, 0.717) is 5.02 Å². The highest BCUT2D eigenvalue weighted by molar-refractivity contribution is 7.89. The maximum atomic E-state index is 12.7. The number of rotatable bonds is 3. The van der Waals surface area contributed by atoms with Crippen molar-refractivity contribution in [1.82, 2.24) is 9.21 Å². The van der Waals surface area contributed by atoms with Gasteiger partial charge in [0.25, 0.3) is 5.91 Å². The topological polar surface area (TPSA) is 57.7 Å². The van der Waals surface area contributed by atoms with Crippen molar-refractivity contribution < 1.29 is 26.4 Å². The van der Waals surface area contributed by atoms with Gasteiger partial charge in [-0.05, 0) is 42.5 Å². The Morgan fingerprint density at radius 2 is 1.57 bits per heavy atom. The summed E-state index contributed by atoms with van der Waals surface area (Å²) in [7, 11) is -3.73. The molecule has 28 heavy (non-hydrogen) atoms. The Balaban J connectivity index is 1.67. The summed E-state index contributed by atoms with van der Waals surface area (Å²) < 4.78 is 64.5. The highest BCUT2D eigenvalue weighted by Gasteiger charge is 2.32. The molecule has 0 N–H and O–H groups in total. The van der Waals surface area contributed by atoms with E-state index in [1.54, 1.807) is 12.1 Å². The summed E-state index contributed by atoms with van der Waals surface area (Å²) in [6, 6.07) is 9.87. The van der Waals surface area contributed by atoms with Gasteiger partial charge in [-0.1, -0.05) is 17.7 Å². The summed E-state index contributed by atoms with van der Waals surface area (Å²) in [4.78, 5) is 14.0. The summed E-state index contributed by atoms with van der Waals surface area (Å²) in [5, 5.41) is 0.303. The monoisotopic (exact) mass is 432 g/mol. The van der Waals surface area contributed by atoms with Crippen LogP contribution in [-0.4, -0.2) is 49.7 Å². The van der Waals surface area contributed by atoms with Gasteiger partial charge in [-0.3, -0.25) is 4.79 Å². The fourth-order valence-electron chi connectivity index (χ4n) is 2.89. The Morgan fingerprint density at radius 3 is 2.11 bits per heavy atom. The van der Waals surface area contributed by atoms with Crippen molar-refractivity contribution in [2.75, 3.05) is 26.2 Å². The minimum atomic E-state index is -4.47. The average Bonchev–Trinajstić information content (AvgIpc) is 2.67. The number of hydrogen-bond donors (Lipinski definition) is 0. The molecule has 0 spiro atoms. The number of nitrogens with zero attached hydrogens (tertiary/aromatic N) is 2. The average molecular weight is 433 g/mol. The summed E-state index contributed by atoms with van der Waals surface area (Å²) in [6.07, 6.45) is -4.47. The van der Waals surface area contributed by atoms with Gasteiger partial charge in [0.15, 0.2) is 0 Å². The van der Waals surface area contributed by atoms with E-state index >= 15 is 0 Å². The molecular weight excluding hydrogens is 417 g/mol. The van der Waals surface area contributed by atoms with Crippen LogP contribution < -0.4 is 0 Å². The second-order valence-corrected chi connectivity index (χ2v) is 8.60. The zero-order chi connectivity index (χ0) is 20.5. The highest BCUT2D eigenvalue weighted by atomic mass is 35.5. The molecule has 1 amide bonds. The normalized spacial score (nSPS) is 16.2. The molecule has 2 aromatic rings. The van der Waals surface area contributed by atoms with Crippen molar-refractivity contribution >= 4 is 27.5 Å². The van der Waals surface area contributed by atoms with Gasteiger partial charge < -0.3 is 4.90 Å². The fourth-order valence-corrected chi connectivity index (χ4v) is 4.62. The van der Waals surface area contributed by atoms with Crippen LogP contribution in [0.3, 0.4) is 0 Å². The molecule has 2 aromatic carbocycles. The predicted octanol–water partition coefficient (Wildman–Crippen LogP) is 3.51. The molecule has 1 heterocycles. The minimum absolute atomic E-state index is 0.0718. The third-order valence-electron chi connectivity index (χ3n) is 4.42. The molecule has 0 saturated carbocycles. The Morgan fingerprint density at radius 1 is 0.964 bits per heavy atom. The lowest BCUT2D eigenvalue weighted by Gasteiger charge is -2.34. The number of carbonyl (C=O) groups excluding carboxylic acids is 1. The van der Waals surface area contributed by atoms with Crippen molar-refractivity contribution in [1.29, 1.82) is 0 Å². The molecule has 0 aliphatic carbocycles. The van der Waals surface area contributed by atoms with Crippen LogP contribution in [0.15, 0.2) is 53.4 Å². The molecule has 1 aliphatic rings. The Labute approximate surface area is 165 Å². The molecular formula is C18H16ClF3N2O3S. The summed E-state index contributed by atoms with van der Waals surface area (Å²) in [5.74, 6) is -0.437. The lowest BCUT2D eigenvalue weighted by atomic mass is 10.1. The summed E-state index contributed by atoms with van der Waals surface area (Å²) in [5.41, 5.74) is -0.708. The van der Waals surface area contributed by atoms with Crippen LogP contribution in [-0.2, 0) is 16.2 Å². The molecule has 1 aliphatic heterocycles. The van der Waals surface area contributed by atoms with Crippen molar-refractivity contribution in [2.24, 2.45) is 0 Å². The van der Waals surface area contributed by atoms with Crippen molar-refractivity contribution in [3.05, 3.63) is 64.7 Å². The van der Waals surface area contributed by atoms with E-state index in [-0.39, 0.29) is 36.6 Å². The maximum absolute atomic E-state index is 12.7. The van der Waals surface area contributed by atoms with E-state index in [4.69, 9.17) is 11.6 Å². The summed E-state index contributed by atoms with van der Waals surface area (Å²) >= 11 is 5.86. The van der Waals surface area contributed by atoms with Gasteiger partial charge in [-0.25, -0.2) is 8.42 Å². The van der Waals surface area contributed by atoms with Crippen LogP contribution in [0.4, 0.5) is 13.2 Å². The molecule has 0 radical (unpaired) electrons. The van der Waals surface area contributed by atoms with Crippen molar-refractivity contribution in [3.63, 3.8) is 0 Å². The van der Waals surface area contributed by atoms with Crippen molar-refractivity contribution in [3.8, 4) is 0 Å². The first-order valence-electron chi connectivity index (χ1n) is 8.31. The molecule has 0 unspecified atom stereocenters. The number of amides is 1. The first kappa shape index (κ1) is 20.6. The number of benzene rings is 2. The van der Waals surface area contributed by atoms with Gasteiger partial charge in [-0.15, -0.1) is 0 Å². The van der Waals surface area contributed by atoms with Crippen LogP contribution in [0.5, 0.6) is 0 Å². The number of carbonyl (C=O) groups is 1. The molecule has 1 fully saturated rings. The van der Waals surface area contributed by atoms with Crippen LogP contribution in [0.2, 0.25) is 5.02 Å². The number of piperazine rings is 1. The zero-order valence-electron chi connectivity index (χ0n) is 14.5. The van der Waals surface area contributed by atoms with Gasteiger partial charge in [0.1, 0.15) is 0 Å². The molecule has 3 rings (SSSR count). The third-order valence-corrected chi connectivity index (χ3v) is 6.55. The largest absolute Gasteiger partial charge is 0.416 e. The van der Waals surface area contributed by atoms with E-state index in [1.807, 2.05) is 0 Å². The Bertz CT molecular complexity index is 970. The van der Waals surface area contributed by atoms with E-state index < -0.39 is 27.7 Å². The second kappa shape index (κ2) is 7.73. The number of alkyl halides is 3.